The van der Waals surface area contributed by atoms with Crippen molar-refractivity contribution in [1.29, 1.82) is 0 Å². The van der Waals surface area contributed by atoms with Crippen LogP contribution in [0.3, 0.4) is 0 Å². The molecule has 1 saturated heterocycles. The Labute approximate surface area is 323 Å². The van der Waals surface area contributed by atoms with E-state index in [2.05, 4.69) is 34.6 Å². The van der Waals surface area contributed by atoms with Crippen LogP contribution in [0, 0.1) is 24.0 Å². The van der Waals surface area contributed by atoms with E-state index in [0.29, 0.717) is 87.0 Å². The van der Waals surface area contributed by atoms with Crippen molar-refractivity contribution in [3.63, 3.8) is 0 Å². The van der Waals surface area contributed by atoms with Crippen molar-refractivity contribution in [2.24, 2.45) is 11.1 Å². The Morgan fingerprint density at radius 3 is 2.45 bits per heavy atom. The van der Waals surface area contributed by atoms with Crippen molar-refractivity contribution in [1.82, 2.24) is 34.8 Å². The fourth-order valence-electron chi connectivity index (χ4n) is 8.52. The van der Waals surface area contributed by atoms with Crippen LogP contribution in [0.2, 0.25) is 0 Å². The van der Waals surface area contributed by atoms with E-state index in [0.717, 1.165) is 23.5 Å². The summed E-state index contributed by atoms with van der Waals surface area (Å²) in [6.45, 7) is 7.04. The highest BCUT2D eigenvalue weighted by Gasteiger charge is 2.38. The number of piperidine rings is 1. The van der Waals surface area contributed by atoms with Crippen molar-refractivity contribution in [2.45, 2.75) is 102 Å². The number of anilines is 1. The number of β-amino-alcohol motifs (C(OH)–C–C–N with tert-alkyl or cyclic N) is 1. The Balaban J connectivity index is 0.911. The molecule has 3 heterocycles. The summed E-state index contributed by atoms with van der Waals surface area (Å²) in [6, 6.07) is 8.34. The number of ether oxygens (including phenoxy) is 1. The van der Waals surface area contributed by atoms with Gasteiger partial charge in [0, 0.05) is 55.5 Å². The number of fused-ring (bicyclic) bond motifs is 1. The van der Waals surface area contributed by atoms with Crippen LogP contribution in [-0.2, 0) is 23.3 Å². The van der Waals surface area contributed by atoms with Crippen molar-refractivity contribution in [3.8, 4) is 5.69 Å². The topological polar surface area (TPSA) is 183 Å². The number of carbonyl (C=O) groups is 3. The van der Waals surface area contributed by atoms with Gasteiger partial charge in [0.05, 0.1) is 34.7 Å². The molecule has 1 unspecified atom stereocenters. The number of hydrogen-bond donors (Lipinski definition) is 4. The molecule has 0 radical (unpaired) electrons. The number of likely N-dealkylation sites (tertiary alicyclic amines) is 1. The number of alkyl carbamates (subject to hydrolysis) is 1. The van der Waals surface area contributed by atoms with E-state index in [1.807, 2.05) is 22.6 Å². The second kappa shape index (κ2) is 15.7. The number of aliphatic hydroxyl groups is 1. The maximum Gasteiger partial charge on any atom is 0.407 e. The first-order chi connectivity index (χ1) is 26.7. The SMILES string of the molecule is Cc1nn(-c2ccc(C(N)=O)c(NC3CCC(OC(=O)NC4CCN(CC(O)(Cn5cncn5)c5ccc(F)cc5F)CC4)CC3)c2)c2c1C(=O)CC(C)(C)C2. The fraction of sp³-hybridized carbons (Fsp3) is 0.500. The second-order valence-electron chi connectivity index (χ2n) is 16.3. The van der Waals surface area contributed by atoms with Crippen LogP contribution in [-0.4, -0.2) is 90.2 Å². The zero-order valence-corrected chi connectivity index (χ0v) is 31.9. The fourth-order valence-corrected chi connectivity index (χ4v) is 8.52. The number of benzene rings is 2. The van der Waals surface area contributed by atoms with Crippen molar-refractivity contribution in [3.05, 3.63) is 88.8 Å². The molecule has 1 saturated carbocycles. The number of nitrogens with zero attached hydrogens (tertiary/aromatic N) is 6. The summed E-state index contributed by atoms with van der Waals surface area (Å²) in [6.07, 6.45) is 6.99. The Morgan fingerprint density at radius 1 is 1.02 bits per heavy atom. The highest BCUT2D eigenvalue weighted by molar-refractivity contribution is 6.00. The zero-order valence-electron chi connectivity index (χ0n) is 31.9. The van der Waals surface area contributed by atoms with Gasteiger partial charge in [-0.15, -0.1) is 0 Å². The molecule has 2 aromatic carbocycles. The van der Waals surface area contributed by atoms with Crippen LogP contribution in [0.1, 0.15) is 96.5 Å². The summed E-state index contributed by atoms with van der Waals surface area (Å²) < 4.78 is 37.6. The number of amides is 2. The summed E-state index contributed by atoms with van der Waals surface area (Å²) in [4.78, 5) is 44.3. The Bertz CT molecular complexity index is 2090. The third kappa shape index (κ3) is 8.60. The van der Waals surface area contributed by atoms with Crippen LogP contribution in [0.25, 0.3) is 5.69 Å². The molecule has 16 heteroatoms. The Hall–Kier alpha value is -5.22. The molecule has 2 amide bonds. The number of nitrogens with two attached hydrogens (primary N) is 1. The lowest BCUT2D eigenvalue weighted by atomic mass is 9.75. The highest BCUT2D eigenvalue weighted by atomic mass is 19.1. The second-order valence-corrected chi connectivity index (χ2v) is 16.3. The molecule has 5 N–H and O–H groups in total. The third-order valence-corrected chi connectivity index (χ3v) is 11.3. The van der Waals surface area contributed by atoms with Crippen LogP contribution >= 0.6 is 0 Å². The van der Waals surface area contributed by atoms with E-state index in [1.54, 1.807) is 12.1 Å². The molecule has 298 valence electrons. The summed E-state index contributed by atoms with van der Waals surface area (Å²) in [5, 5.41) is 27.0. The number of aromatic nitrogens is 5. The number of carbonyl (C=O) groups excluding carboxylic acids is 3. The molecule has 2 aromatic heterocycles. The van der Waals surface area contributed by atoms with Crippen LogP contribution in [0.5, 0.6) is 0 Å². The number of hydrogen-bond acceptors (Lipinski definition) is 10. The van der Waals surface area contributed by atoms with Gasteiger partial charge in [-0.05, 0) is 81.5 Å². The number of halogens is 2. The summed E-state index contributed by atoms with van der Waals surface area (Å²) in [5.41, 5.74) is 7.75. The summed E-state index contributed by atoms with van der Waals surface area (Å²) in [5.74, 6) is -2.04. The number of primary amides is 1. The zero-order chi connectivity index (χ0) is 39.8. The van der Waals surface area contributed by atoms with Crippen molar-refractivity contribution in [2.75, 3.05) is 25.0 Å². The third-order valence-electron chi connectivity index (χ3n) is 11.3. The lowest BCUT2D eigenvalue weighted by molar-refractivity contribution is -0.0274. The maximum atomic E-state index is 14.9. The minimum atomic E-state index is -1.71. The van der Waals surface area contributed by atoms with Crippen LogP contribution < -0.4 is 16.4 Å². The van der Waals surface area contributed by atoms with Gasteiger partial charge in [0.25, 0.3) is 5.91 Å². The molecule has 2 aliphatic carbocycles. The van der Waals surface area contributed by atoms with E-state index in [-0.39, 0.29) is 48.0 Å². The highest BCUT2D eigenvalue weighted by Crippen LogP contribution is 2.38. The van der Waals surface area contributed by atoms with E-state index in [9.17, 15) is 28.3 Å². The molecule has 3 aliphatic rings. The number of Topliss-reactive ketones (excluding diaryl/α,β-unsaturated/α-hetero) is 1. The Kier molecular flexibility index (Phi) is 11.0. The average molecular weight is 774 g/mol. The van der Waals surface area contributed by atoms with E-state index in [4.69, 9.17) is 15.6 Å². The maximum absolute atomic E-state index is 14.9. The first kappa shape index (κ1) is 39.0. The molecule has 4 aromatic rings. The number of rotatable bonds is 11. The van der Waals surface area contributed by atoms with Gasteiger partial charge in [-0.25, -0.2) is 27.9 Å². The van der Waals surface area contributed by atoms with Gasteiger partial charge in [-0.2, -0.15) is 10.2 Å². The molecular weight excluding hydrogens is 724 g/mol. The number of aryl methyl sites for hydroxylation is 1. The summed E-state index contributed by atoms with van der Waals surface area (Å²) in [7, 11) is 0. The summed E-state index contributed by atoms with van der Waals surface area (Å²) >= 11 is 0. The van der Waals surface area contributed by atoms with Crippen LogP contribution in [0.4, 0.5) is 19.3 Å². The smallest absolute Gasteiger partial charge is 0.407 e. The van der Waals surface area contributed by atoms with Gasteiger partial charge < -0.3 is 26.2 Å². The quantitative estimate of drug-likeness (QED) is 0.165. The standard InChI is InChI=1S/C40H49F2N9O5/c1-24-36-34(18-39(2,3)19-35(36)52)51(48-24)28-7-10-30(37(43)53)33(17-28)46-26-5-8-29(9-6-26)56-38(54)47-27-12-14-49(15-13-27)20-40(55,21-50-23-44-22-45-50)31-11-4-25(41)16-32(31)42/h4,7,10-11,16-17,22-23,26-27,29,46,55H,5-6,8-9,12-15,18-21H2,1-3H3,(H2,43,53)(H,47,54). The minimum absolute atomic E-state index is 0.0101. The van der Waals surface area contributed by atoms with Gasteiger partial charge in [-0.1, -0.05) is 19.9 Å². The van der Waals surface area contributed by atoms with Gasteiger partial charge in [-0.3, -0.25) is 14.5 Å². The molecule has 7 rings (SSSR count). The molecule has 2 fully saturated rings. The lowest BCUT2D eigenvalue weighted by Gasteiger charge is -2.38. The predicted molar refractivity (Wildman–Crippen MR) is 202 cm³/mol. The largest absolute Gasteiger partial charge is 0.446 e. The monoisotopic (exact) mass is 773 g/mol. The van der Waals surface area contributed by atoms with E-state index >= 15 is 0 Å². The van der Waals surface area contributed by atoms with Crippen LogP contribution in [0.15, 0.2) is 49.1 Å². The van der Waals surface area contributed by atoms with Gasteiger partial charge >= 0.3 is 6.09 Å². The van der Waals surface area contributed by atoms with Crippen molar-refractivity contribution >= 4 is 23.5 Å². The van der Waals surface area contributed by atoms with Gasteiger partial charge in [0.2, 0.25) is 0 Å². The molecule has 56 heavy (non-hydrogen) atoms. The lowest BCUT2D eigenvalue weighted by Crippen LogP contribution is -2.50. The van der Waals surface area contributed by atoms with Gasteiger partial charge in [0.15, 0.2) is 5.78 Å². The molecule has 1 atom stereocenters. The van der Waals surface area contributed by atoms with E-state index in [1.165, 1.54) is 23.4 Å². The number of ketones is 1. The molecular formula is C40H49F2N9O5. The molecule has 1 aliphatic heterocycles. The average Bonchev–Trinajstić information content (AvgIpc) is 3.76. The molecule has 0 spiro atoms. The predicted octanol–water partition coefficient (Wildman–Crippen LogP) is 4.81. The normalized spacial score (nSPS) is 21.2. The molecule has 14 nitrogen and oxygen atoms in total. The molecule has 0 bridgehead atoms. The van der Waals surface area contributed by atoms with Crippen molar-refractivity contribution < 1.29 is 33.0 Å². The minimum Gasteiger partial charge on any atom is -0.446 e. The first-order valence-corrected chi connectivity index (χ1v) is 19.2. The van der Waals surface area contributed by atoms with E-state index < -0.39 is 29.2 Å². The van der Waals surface area contributed by atoms with Gasteiger partial charge in [0.1, 0.15) is 36.0 Å². The number of nitrogens with one attached hydrogen (secondary N) is 2. The first-order valence-electron chi connectivity index (χ1n) is 19.2. The Morgan fingerprint density at radius 2 is 1.77 bits per heavy atom.